The van der Waals surface area contributed by atoms with Gasteiger partial charge in [-0.2, -0.15) is 0 Å². The van der Waals surface area contributed by atoms with Crippen molar-refractivity contribution in [2.24, 2.45) is 0 Å². The van der Waals surface area contributed by atoms with Gasteiger partial charge in [0.05, 0.1) is 5.75 Å². The quantitative estimate of drug-likeness (QED) is 0.773. The number of hydrogen-bond acceptors (Lipinski definition) is 8. The predicted octanol–water partition coefficient (Wildman–Crippen LogP) is 2.82. The molecule has 0 atom stereocenters. The zero-order chi connectivity index (χ0) is 16.2. The van der Waals surface area contributed by atoms with Crippen LogP contribution in [0.1, 0.15) is 13.8 Å². The average molecular weight is 352 g/mol. The highest BCUT2D eigenvalue weighted by Gasteiger charge is 2.14. The molecule has 2 N–H and O–H groups in total. The maximum atomic E-state index is 12.0. The normalized spacial score (nSPS) is 12.5. The molecule has 0 fully saturated rings. The fraction of sp³-hybridized carbons (Fsp3) is 0.357. The fourth-order valence-electron chi connectivity index (χ4n) is 1.87. The van der Waals surface area contributed by atoms with E-state index < -0.39 is 0 Å². The average Bonchev–Trinajstić information content (AvgIpc) is 3.13. The molecule has 1 aliphatic heterocycles. The van der Waals surface area contributed by atoms with E-state index in [0.717, 1.165) is 9.47 Å². The highest BCUT2D eigenvalue weighted by atomic mass is 32.2. The van der Waals surface area contributed by atoms with Crippen LogP contribution in [0.25, 0.3) is 0 Å². The highest BCUT2D eigenvalue weighted by Crippen LogP contribution is 2.34. The van der Waals surface area contributed by atoms with Crippen LogP contribution in [0, 0.1) is 0 Å². The number of benzene rings is 1. The van der Waals surface area contributed by atoms with E-state index in [0.29, 0.717) is 23.2 Å². The molecule has 0 saturated carbocycles. The van der Waals surface area contributed by atoms with Gasteiger partial charge in [0.25, 0.3) is 0 Å². The minimum absolute atomic E-state index is 0.109. The van der Waals surface area contributed by atoms with E-state index in [-0.39, 0.29) is 18.5 Å². The fourth-order valence-corrected chi connectivity index (χ4v) is 3.57. The van der Waals surface area contributed by atoms with Gasteiger partial charge in [0, 0.05) is 17.8 Å². The summed E-state index contributed by atoms with van der Waals surface area (Å²) in [4.78, 5) is 12.0. The van der Waals surface area contributed by atoms with Gasteiger partial charge in [-0.1, -0.05) is 23.1 Å². The second kappa shape index (κ2) is 7.05. The SMILES string of the molecule is CC(C)Nc1nnc(SCC(=O)Nc2ccc3c(c2)OCO3)s1. The number of aromatic nitrogens is 2. The molecule has 9 heteroatoms. The van der Waals surface area contributed by atoms with Crippen LogP contribution in [0.2, 0.25) is 0 Å². The van der Waals surface area contributed by atoms with E-state index >= 15 is 0 Å². The van der Waals surface area contributed by atoms with E-state index in [1.165, 1.54) is 23.1 Å². The molecule has 1 amide bonds. The van der Waals surface area contributed by atoms with Crippen LogP contribution < -0.4 is 20.1 Å². The molecule has 122 valence electrons. The Morgan fingerprint density at radius 2 is 2.17 bits per heavy atom. The molecule has 2 heterocycles. The number of carbonyl (C=O) groups is 1. The summed E-state index contributed by atoms with van der Waals surface area (Å²) in [5.41, 5.74) is 0.680. The maximum Gasteiger partial charge on any atom is 0.234 e. The summed E-state index contributed by atoms with van der Waals surface area (Å²) < 4.78 is 11.3. The number of rotatable bonds is 6. The van der Waals surface area contributed by atoms with Crippen molar-refractivity contribution < 1.29 is 14.3 Å². The van der Waals surface area contributed by atoms with Crippen molar-refractivity contribution in [3.05, 3.63) is 18.2 Å². The summed E-state index contributed by atoms with van der Waals surface area (Å²) in [6.07, 6.45) is 0. The van der Waals surface area contributed by atoms with Crippen molar-refractivity contribution in [3.63, 3.8) is 0 Å². The van der Waals surface area contributed by atoms with Crippen molar-refractivity contribution in [1.29, 1.82) is 0 Å². The van der Waals surface area contributed by atoms with Crippen molar-refractivity contribution in [1.82, 2.24) is 10.2 Å². The van der Waals surface area contributed by atoms with E-state index in [4.69, 9.17) is 9.47 Å². The maximum absolute atomic E-state index is 12.0. The highest BCUT2D eigenvalue weighted by molar-refractivity contribution is 8.01. The number of amides is 1. The standard InChI is InChI=1S/C14H16N4O3S2/c1-8(2)15-13-17-18-14(23-13)22-6-12(19)16-9-3-4-10-11(5-9)21-7-20-10/h3-5,8H,6-7H2,1-2H3,(H,15,17)(H,16,19). The molecular weight excluding hydrogens is 336 g/mol. The van der Waals surface area contributed by atoms with Crippen molar-refractivity contribution >= 4 is 39.8 Å². The molecule has 0 aliphatic carbocycles. The molecule has 7 nitrogen and oxygen atoms in total. The Bertz CT molecular complexity index is 705. The van der Waals surface area contributed by atoms with Gasteiger partial charge in [-0.25, -0.2) is 0 Å². The number of hydrogen-bond donors (Lipinski definition) is 2. The lowest BCUT2D eigenvalue weighted by atomic mass is 10.3. The second-order valence-electron chi connectivity index (χ2n) is 5.08. The second-order valence-corrected chi connectivity index (χ2v) is 7.28. The molecule has 0 saturated heterocycles. The number of fused-ring (bicyclic) bond motifs is 1. The first kappa shape index (κ1) is 15.9. The summed E-state index contributed by atoms with van der Waals surface area (Å²) in [5.74, 6) is 1.49. The van der Waals surface area contributed by atoms with Crippen LogP contribution in [0.3, 0.4) is 0 Å². The van der Waals surface area contributed by atoms with Gasteiger partial charge in [0.15, 0.2) is 15.8 Å². The van der Waals surface area contributed by atoms with E-state index in [1.807, 2.05) is 13.8 Å². The van der Waals surface area contributed by atoms with E-state index in [2.05, 4.69) is 20.8 Å². The van der Waals surface area contributed by atoms with Gasteiger partial charge in [0.2, 0.25) is 17.8 Å². The van der Waals surface area contributed by atoms with Crippen molar-refractivity contribution in [2.45, 2.75) is 24.2 Å². The van der Waals surface area contributed by atoms with Gasteiger partial charge >= 0.3 is 0 Å². The summed E-state index contributed by atoms with van der Waals surface area (Å²) in [6.45, 7) is 4.28. The number of carbonyl (C=O) groups excluding carboxylic acids is 1. The molecular formula is C14H16N4O3S2. The summed E-state index contributed by atoms with van der Waals surface area (Å²) in [6, 6.07) is 5.61. The van der Waals surface area contributed by atoms with Crippen molar-refractivity contribution in [3.8, 4) is 11.5 Å². The largest absolute Gasteiger partial charge is 0.454 e. The molecule has 0 bridgehead atoms. The van der Waals surface area contributed by atoms with Gasteiger partial charge in [-0.3, -0.25) is 4.79 Å². The van der Waals surface area contributed by atoms with Gasteiger partial charge in [-0.05, 0) is 26.0 Å². The number of nitrogens with zero attached hydrogens (tertiary/aromatic N) is 2. The summed E-state index contributed by atoms with van der Waals surface area (Å²) in [7, 11) is 0. The summed E-state index contributed by atoms with van der Waals surface area (Å²) >= 11 is 2.80. The van der Waals surface area contributed by atoms with Crippen molar-refractivity contribution in [2.75, 3.05) is 23.2 Å². The van der Waals surface area contributed by atoms with Gasteiger partial charge < -0.3 is 20.1 Å². The predicted molar refractivity (Wildman–Crippen MR) is 90.6 cm³/mol. The van der Waals surface area contributed by atoms with Gasteiger partial charge in [0.1, 0.15) is 0 Å². The minimum Gasteiger partial charge on any atom is -0.454 e. The molecule has 2 aromatic rings. The zero-order valence-corrected chi connectivity index (χ0v) is 14.3. The lowest BCUT2D eigenvalue weighted by Gasteiger charge is -2.05. The van der Waals surface area contributed by atoms with E-state index in [9.17, 15) is 4.79 Å². The Morgan fingerprint density at radius 1 is 1.35 bits per heavy atom. The Labute approximate surface area is 141 Å². The zero-order valence-electron chi connectivity index (χ0n) is 12.7. The van der Waals surface area contributed by atoms with Crippen LogP contribution >= 0.6 is 23.1 Å². The van der Waals surface area contributed by atoms with Crippen LogP contribution in [-0.2, 0) is 4.79 Å². The van der Waals surface area contributed by atoms with Crippen LogP contribution in [0.15, 0.2) is 22.5 Å². The number of anilines is 2. The Hall–Kier alpha value is -2.00. The topological polar surface area (TPSA) is 85.4 Å². The molecule has 0 spiro atoms. The monoisotopic (exact) mass is 352 g/mol. The molecule has 3 rings (SSSR count). The molecule has 1 aromatic carbocycles. The number of thioether (sulfide) groups is 1. The van der Waals surface area contributed by atoms with Gasteiger partial charge in [-0.15, -0.1) is 10.2 Å². The third-order valence-corrected chi connectivity index (χ3v) is 4.79. The smallest absolute Gasteiger partial charge is 0.234 e. The Morgan fingerprint density at radius 3 is 3.00 bits per heavy atom. The van der Waals surface area contributed by atoms with Crippen LogP contribution in [0.4, 0.5) is 10.8 Å². The Kier molecular flexibility index (Phi) is 4.87. The number of ether oxygens (including phenoxy) is 2. The molecule has 1 aliphatic rings. The third kappa shape index (κ3) is 4.26. The first-order valence-electron chi connectivity index (χ1n) is 7.02. The molecule has 1 aromatic heterocycles. The first-order chi connectivity index (χ1) is 11.1. The molecule has 0 radical (unpaired) electrons. The van der Waals surface area contributed by atoms with Crippen LogP contribution in [0.5, 0.6) is 11.5 Å². The first-order valence-corrected chi connectivity index (χ1v) is 8.83. The van der Waals surface area contributed by atoms with Crippen LogP contribution in [-0.4, -0.2) is 34.7 Å². The van der Waals surface area contributed by atoms with E-state index in [1.54, 1.807) is 18.2 Å². The Balaban J connectivity index is 1.50. The lowest BCUT2D eigenvalue weighted by molar-refractivity contribution is -0.113. The molecule has 23 heavy (non-hydrogen) atoms. The lowest BCUT2D eigenvalue weighted by Crippen LogP contribution is -2.13. The number of nitrogens with one attached hydrogen (secondary N) is 2. The summed E-state index contributed by atoms with van der Waals surface area (Å²) in [5, 5.41) is 14.9. The third-order valence-electron chi connectivity index (χ3n) is 2.80. The molecule has 0 unspecified atom stereocenters. The minimum atomic E-state index is -0.109.